The van der Waals surface area contributed by atoms with Gasteiger partial charge in [0, 0.05) is 5.71 Å². The number of carbonyl (C=O) groups is 2. The number of hydrogen-bond acceptors (Lipinski definition) is 4. The Labute approximate surface area is 96.4 Å². The first kappa shape index (κ1) is 14.6. The van der Waals surface area contributed by atoms with Gasteiger partial charge in [0.2, 0.25) is 0 Å². The molecule has 0 N–H and O–H groups in total. The number of nitrogens with zero attached hydrogens (tertiary/aromatic N) is 1. The molecule has 4 nitrogen and oxygen atoms in total. The first-order valence-corrected chi connectivity index (χ1v) is 5.30. The minimum atomic E-state index is -0.422. The second-order valence-electron chi connectivity index (χ2n) is 3.41. The highest BCUT2D eigenvalue weighted by atomic mass is 16.5. The van der Waals surface area contributed by atoms with Gasteiger partial charge in [-0.2, -0.15) is 0 Å². The van der Waals surface area contributed by atoms with Crippen molar-refractivity contribution in [3.8, 4) is 0 Å². The molecule has 0 aliphatic rings. The van der Waals surface area contributed by atoms with Crippen molar-refractivity contribution in [2.75, 3.05) is 7.11 Å². The van der Waals surface area contributed by atoms with Gasteiger partial charge in [0.15, 0.2) is 5.78 Å². The quantitative estimate of drug-likeness (QED) is 0.408. The van der Waals surface area contributed by atoms with E-state index in [4.69, 9.17) is 0 Å². The first-order valence-electron chi connectivity index (χ1n) is 5.30. The molecule has 4 heteroatoms. The summed E-state index contributed by atoms with van der Waals surface area (Å²) in [5.41, 5.74) is 1.04. The lowest BCUT2D eigenvalue weighted by Crippen LogP contribution is -2.19. The lowest BCUT2D eigenvalue weighted by atomic mass is 10.1. The van der Waals surface area contributed by atoms with Gasteiger partial charge >= 0.3 is 5.97 Å². The normalized spacial score (nSPS) is 14.6. The molecule has 1 atom stereocenters. The van der Waals surface area contributed by atoms with Gasteiger partial charge in [-0.3, -0.25) is 9.79 Å². The van der Waals surface area contributed by atoms with Crippen LogP contribution in [0.1, 0.15) is 34.1 Å². The third-order valence-electron chi connectivity index (χ3n) is 2.28. The Morgan fingerprint density at radius 2 is 2.00 bits per heavy atom. The van der Waals surface area contributed by atoms with E-state index in [-0.39, 0.29) is 5.78 Å². The van der Waals surface area contributed by atoms with Crippen LogP contribution in [0.4, 0.5) is 0 Å². The standard InChI is InChI=1S/C12H19NO3/c1-6-10(12(15)16-5)11(7-2)13-8(3)9(4)14/h6,8H,7H2,1-5H3/b10-6+,13-11?. The molecule has 0 spiro atoms. The van der Waals surface area contributed by atoms with Crippen LogP contribution in [0.15, 0.2) is 16.6 Å². The van der Waals surface area contributed by atoms with E-state index in [0.29, 0.717) is 17.7 Å². The van der Waals surface area contributed by atoms with Crippen LogP contribution in [-0.2, 0) is 14.3 Å². The molecule has 1 unspecified atom stereocenters. The maximum Gasteiger partial charge on any atom is 0.339 e. The largest absolute Gasteiger partial charge is 0.465 e. The Balaban J connectivity index is 5.11. The summed E-state index contributed by atoms with van der Waals surface area (Å²) in [6, 6.07) is -0.422. The molecule has 0 rings (SSSR count). The van der Waals surface area contributed by atoms with E-state index < -0.39 is 12.0 Å². The molecular weight excluding hydrogens is 206 g/mol. The number of esters is 1. The van der Waals surface area contributed by atoms with Gasteiger partial charge in [-0.25, -0.2) is 4.79 Å². The zero-order valence-corrected chi connectivity index (χ0v) is 10.5. The second kappa shape index (κ2) is 6.93. The van der Waals surface area contributed by atoms with Gasteiger partial charge in [-0.15, -0.1) is 0 Å². The number of hydrogen-bond donors (Lipinski definition) is 0. The van der Waals surface area contributed by atoms with Crippen molar-refractivity contribution in [2.24, 2.45) is 4.99 Å². The number of Topliss-reactive ketones (excluding diaryl/α,β-unsaturated/α-hetero) is 1. The number of methoxy groups -OCH3 is 1. The smallest absolute Gasteiger partial charge is 0.339 e. The van der Waals surface area contributed by atoms with Crippen molar-refractivity contribution in [3.63, 3.8) is 0 Å². The molecule has 0 fully saturated rings. The Bertz CT molecular complexity index is 329. The minimum Gasteiger partial charge on any atom is -0.465 e. The topological polar surface area (TPSA) is 55.7 Å². The Morgan fingerprint density at radius 3 is 2.31 bits per heavy atom. The molecule has 0 aliphatic heterocycles. The van der Waals surface area contributed by atoms with E-state index in [9.17, 15) is 9.59 Å². The zero-order valence-electron chi connectivity index (χ0n) is 10.5. The van der Waals surface area contributed by atoms with Crippen LogP contribution in [0.5, 0.6) is 0 Å². The molecule has 0 aromatic rings. The fourth-order valence-electron chi connectivity index (χ4n) is 1.19. The third-order valence-corrected chi connectivity index (χ3v) is 2.28. The first-order chi connectivity index (χ1) is 7.47. The summed E-state index contributed by atoms with van der Waals surface area (Å²) in [6.45, 7) is 6.82. The van der Waals surface area contributed by atoms with Gasteiger partial charge in [0.1, 0.15) is 6.04 Å². The van der Waals surface area contributed by atoms with Crippen LogP contribution >= 0.6 is 0 Å². The van der Waals surface area contributed by atoms with Crippen LogP contribution in [-0.4, -0.2) is 30.6 Å². The van der Waals surface area contributed by atoms with Crippen molar-refractivity contribution >= 4 is 17.5 Å². The molecule has 0 amide bonds. The number of allylic oxidation sites excluding steroid dienone is 1. The van der Waals surface area contributed by atoms with E-state index >= 15 is 0 Å². The average molecular weight is 225 g/mol. The fourth-order valence-corrected chi connectivity index (χ4v) is 1.19. The van der Waals surface area contributed by atoms with Crippen LogP contribution in [0.3, 0.4) is 0 Å². The van der Waals surface area contributed by atoms with Crippen LogP contribution in [0, 0.1) is 0 Å². The zero-order chi connectivity index (χ0) is 12.7. The van der Waals surface area contributed by atoms with Gasteiger partial charge < -0.3 is 4.74 Å². The molecule has 0 saturated carbocycles. The highest BCUT2D eigenvalue weighted by Crippen LogP contribution is 2.07. The number of rotatable bonds is 5. The van der Waals surface area contributed by atoms with Crippen molar-refractivity contribution in [1.29, 1.82) is 0 Å². The molecule has 16 heavy (non-hydrogen) atoms. The van der Waals surface area contributed by atoms with Crippen molar-refractivity contribution in [1.82, 2.24) is 0 Å². The SMILES string of the molecule is C/C=C(/C(=O)OC)C(CC)=NC(C)C(C)=O. The molecule has 0 aromatic carbocycles. The van der Waals surface area contributed by atoms with Crippen LogP contribution in [0.2, 0.25) is 0 Å². The predicted octanol–water partition coefficient (Wildman–Crippen LogP) is 1.93. The number of ketones is 1. The molecular formula is C12H19NO3. The number of carbonyl (C=O) groups excluding carboxylic acids is 2. The molecule has 0 bridgehead atoms. The van der Waals surface area contributed by atoms with Crippen molar-refractivity contribution < 1.29 is 14.3 Å². The van der Waals surface area contributed by atoms with Crippen LogP contribution in [0.25, 0.3) is 0 Å². The summed E-state index contributed by atoms with van der Waals surface area (Å²) in [6.07, 6.45) is 2.24. The molecule has 0 heterocycles. The molecule has 0 aromatic heterocycles. The maximum absolute atomic E-state index is 11.4. The summed E-state index contributed by atoms with van der Waals surface area (Å²) < 4.78 is 4.66. The van der Waals surface area contributed by atoms with E-state index in [2.05, 4.69) is 9.73 Å². The summed E-state index contributed by atoms with van der Waals surface area (Å²) in [4.78, 5) is 26.8. The number of ether oxygens (including phenoxy) is 1. The summed E-state index contributed by atoms with van der Waals surface area (Å²) in [5, 5.41) is 0. The molecule has 0 aliphatic carbocycles. The Kier molecular flexibility index (Phi) is 6.30. The van der Waals surface area contributed by atoms with Gasteiger partial charge in [0.25, 0.3) is 0 Å². The highest BCUT2D eigenvalue weighted by Gasteiger charge is 2.16. The summed E-state index contributed by atoms with van der Waals surface area (Å²) in [7, 11) is 1.33. The van der Waals surface area contributed by atoms with Gasteiger partial charge in [0.05, 0.1) is 12.7 Å². The monoisotopic (exact) mass is 225 g/mol. The lowest BCUT2D eigenvalue weighted by Gasteiger charge is -2.09. The van der Waals surface area contributed by atoms with Crippen molar-refractivity contribution in [3.05, 3.63) is 11.6 Å². The van der Waals surface area contributed by atoms with Crippen molar-refractivity contribution in [2.45, 2.75) is 40.2 Å². The average Bonchev–Trinajstić information content (AvgIpc) is 2.27. The molecule has 0 saturated heterocycles. The second-order valence-corrected chi connectivity index (χ2v) is 3.41. The van der Waals surface area contributed by atoms with E-state index in [1.54, 1.807) is 19.9 Å². The van der Waals surface area contributed by atoms with Gasteiger partial charge in [-0.1, -0.05) is 13.0 Å². The Hall–Kier alpha value is -1.45. The maximum atomic E-state index is 11.4. The lowest BCUT2D eigenvalue weighted by molar-refractivity contribution is -0.135. The van der Waals surface area contributed by atoms with Crippen LogP contribution < -0.4 is 0 Å². The fraction of sp³-hybridized carbons (Fsp3) is 0.583. The summed E-state index contributed by atoms with van der Waals surface area (Å²) in [5.74, 6) is -0.440. The molecule has 90 valence electrons. The van der Waals surface area contributed by atoms with E-state index in [1.807, 2.05) is 6.92 Å². The number of aliphatic imine (C=N–C) groups is 1. The van der Waals surface area contributed by atoms with Gasteiger partial charge in [-0.05, 0) is 27.2 Å². The minimum absolute atomic E-state index is 0.0220. The van der Waals surface area contributed by atoms with E-state index in [0.717, 1.165) is 0 Å². The third kappa shape index (κ3) is 3.96. The molecule has 0 radical (unpaired) electrons. The Morgan fingerprint density at radius 1 is 1.44 bits per heavy atom. The summed E-state index contributed by atoms with van der Waals surface area (Å²) >= 11 is 0. The predicted molar refractivity (Wildman–Crippen MR) is 63.6 cm³/mol. The highest BCUT2D eigenvalue weighted by molar-refractivity contribution is 6.20. The van der Waals surface area contributed by atoms with E-state index in [1.165, 1.54) is 14.0 Å².